The molecule has 1 amide bonds. The van der Waals surface area contributed by atoms with Crippen LogP contribution in [0.25, 0.3) is 16.9 Å². The van der Waals surface area contributed by atoms with Crippen molar-refractivity contribution < 1.29 is 9.21 Å². The lowest BCUT2D eigenvalue weighted by molar-refractivity contribution is 0.0926. The molecular formula is C17H17N5O2. The van der Waals surface area contributed by atoms with E-state index in [0.29, 0.717) is 29.2 Å². The number of imidazole rings is 1. The van der Waals surface area contributed by atoms with Gasteiger partial charge in [0.1, 0.15) is 12.0 Å². The Morgan fingerprint density at radius 1 is 1.38 bits per heavy atom. The summed E-state index contributed by atoms with van der Waals surface area (Å²) in [6, 6.07) is 4.83. The summed E-state index contributed by atoms with van der Waals surface area (Å²) in [7, 11) is 0. The first-order valence-electron chi connectivity index (χ1n) is 8.21. The van der Waals surface area contributed by atoms with Gasteiger partial charge in [-0.1, -0.05) is 0 Å². The molecule has 0 aliphatic carbocycles. The van der Waals surface area contributed by atoms with E-state index < -0.39 is 0 Å². The van der Waals surface area contributed by atoms with Crippen LogP contribution in [0.3, 0.4) is 0 Å². The first-order valence-corrected chi connectivity index (χ1v) is 8.21. The number of aromatic nitrogens is 3. The molecule has 2 fully saturated rings. The SMILES string of the molecule is O=C(N[C@@H]1C[C@H]2CC[C@@H]1N2)c1cc2cc(-n3ccnc3)oc2cn1. The highest BCUT2D eigenvalue weighted by Gasteiger charge is 2.39. The number of nitrogens with one attached hydrogen (secondary N) is 2. The molecule has 3 atom stereocenters. The zero-order valence-corrected chi connectivity index (χ0v) is 13.0. The molecule has 24 heavy (non-hydrogen) atoms. The molecule has 5 heterocycles. The second kappa shape index (κ2) is 5.17. The van der Waals surface area contributed by atoms with E-state index in [1.54, 1.807) is 35.6 Å². The highest BCUT2D eigenvalue weighted by atomic mass is 16.4. The summed E-state index contributed by atoms with van der Waals surface area (Å²) in [4.78, 5) is 20.8. The smallest absolute Gasteiger partial charge is 0.270 e. The van der Waals surface area contributed by atoms with Gasteiger partial charge in [-0.05, 0) is 25.3 Å². The van der Waals surface area contributed by atoms with E-state index >= 15 is 0 Å². The third kappa shape index (κ3) is 2.20. The zero-order valence-electron chi connectivity index (χ0n) is 13.0. The second-order valence-corrected chi connectivity index (χ2v) is 6.53. The normalized spacial score (nSPS) is 25.4. The molecule has 2 saturated heterocycles. The molecule has 7 nitrogen and oxygen atoms in total. The van der Waals surface area contributed by atoms with Gasteiger partial charge in [0.05, 0.1) is 6.20 Å². The van der Waals surface area contributed by atoms with Crippen LogP contribution < -0.4 is 10.6 Å². The van der Waals surface area contributed by atoms with Gasteiger partial charge in [-0.25, -0.2) is 9.97 Å². The topological polar surface area (TPSA) is 85.0 Å². The molecule has 2 aliphatic rings. The van der Waals surface area contributed by atoms with Crippen molar-refractivity contribution in [3.8, 4) is 5.88 Å². The van der Waals surface area contributed by atoms with Gasteiger partial charge in [-0.2, -0.15) is 0 Å². The van der Waals surface area contributed by atoms with Gasteiger partial charge in [0, 0.05) is 42.0 Å². The number of nitrogens with zero attached hydrogens (tertiary/aromatic N) is 3. The summed E-state index contributed by atoms with van der Waals surface area (Å²) in [6.45, 7) is 0. The highest BCUT2D eigenvalue weighted by molar-refractivity contribution is 5.96. The summed E-state index contributed by atoms with van der Waals surface area (Å²) in [5.41, 5.74) is 1.07. The first-order chi connectivity index (χ1) is 11.8. The molecule has 0 saturated carbocycles. The highest BCUT2D eigenvalue weighted by Crippen LogP contribution is 2.28. The van der Waals surface area contributed by atoms with E-state index in [1.807, 2.05) is 6.07 Å². The van der Waals surface area contributed by atoms with Gasteiger partial charge >= 0.3 is 0 Å². The number of pyridine rings is 1. The summed E-state index contributed by atoms with van der Waals surface area (Å²) >= 11 is 0. The van der Waals surface area contributed by atoms with Crippen molar-refractivity contribution in [2.75, 3.05) is 0 Å². The number of amides is 1. The van der Waals surface area contributed by atoms with Crippen molar-refractivity contribution in [3.63, 3.8) is 0 Å². The van der Waals surface area contributed by atoms with E-state index in [0.717, 1.165) is 18.2 Å². The standard InChI is InChI=1S/C17H17N5O2/c23-17(21-13-7-11-1-2-12(13)20-11)14-5-10-6-16(22-4-3-18-9-22)24-15(10)8-19-14/h3-6,8-9,11-13,20H,1-2,7H2,(H,21,23)/t11-,12+,13-/m1/s1. The Labute approximate surface area is 138 Å². The lowest BCUT2D eigenvalue weighted by Gasteiger charge is -2.21. The van der Waals surface area contributed by atoms with E-state index in [2.05, 4.69) is 20.6 Å². The predicted molar refractivity (Wildman–Crippen MR) is 86.9 cm³/mol. The minimum Gasteiger partial charge on any atom is -0.438 e. The number of carbonyl (C=O) groups excluding carboxylic acids is 1. The summed E-state index contributed by atoms with van der Waals surface area (Å²) in [5.74, 6) is 0.529. The Morgan fingerprint density at radius 3 is 3.08 bits per heavy atom. The Balaban J connectivity index is 1.39. The van der Waals surface area contributed by atoms with Gasteiger partial charge in [0.25, 0.3) is 5.91 Å². The molecule has 0 radical (unpaired) electrons. The molecule has 5 rings (SSSR count). The molecule has 3 aromatic heterocycles. The van der Waals surface area contributed by atoms with E-state index in [4.69, 9.17) is 4.42 Å². The molecule has 2 bridgehead atoms. The van der Waals surface area contributed by atoms with Crippen molar-refractivity contribution in [3.05, 3.63) is 42.7 Å². The van der Waals surface area contributed by atoms with Crippen molar-refractivity contribution in [2.24, 2.45) is 0 Å². The van der Waals surface area contributed by atoms with Crippen LogP contribution in [0.5, 0.6) is 0 Å². The number of hydrogen-bond donors (Lipinski definition) is 2. The molecule has 0 spiro atoms. The average Bonchev–Trinajstić information content (AvgIpc) is 3.35. The Kier molecular flexibility index (Phi) is 2.96. The molecule has 122 valence electrons. The van der Waals surface area contributed by atoms with E-state index in [1.165, 1.54) is 6.42 Å². The lowest BCUT2D eigenvalue weighted by atomic mass is 9.95. The van der Waals surface area contributed by atoms with Crippen molar-refractivity contribution in [1.29, 1.82) is 0 Å². The monoisotopic (exact) mass is 323 g/mol. The van der Waals surface area contributed by atoms with Crippen LogP contribution in [0, 0.1) is 0 Å². The van der Waals surface area contributed by atoms with Crippen molar-refractivity contribution >= 4 is 16.9 Å². The van der Waals surface area contributed by atoms with Gasteiger partial charge in [-0.15, -0.1) is 0 Å². The molecule has 0 aromatic carbocycles. The fourth-order valence-corrected chi connectivity index (χ4v) is 3.80. The predicted octanol–water partition coefficient (Wildman–Crippen LogP) is 1.64. The minimum absolute atomic E-state index is 0.123. The second-order valence-electron chi connectivity index (χ2n) is 6.53. The van der Waals surface area contributed by atoms with Crippen LogP contribution in [-0.4, -0.2) is 38.6 Å². The van der Waals surface area contributed by atoms with Crippen LogP contribution in [0.2, 0.25) is 0 Å². The Morgan fingerprint density at radius 2 is 2.33 bits per heavy atom. The number of rotatable bonds is 3. The first kappa shape index (κ1) is 13.7. The lowest BCUT2D eigenvalue weighted by Crippen LogP contribution is -2.43. The number of hydrogen-bond acceptors (Lipinski definition) is 5. The zero-order chi connectivity index (χ0) is 16.1. The van der Waals surface area contributed by atoms with E-state index in [-0.39, 0.29) is 11.9 Å². The maximum absolute atomic E-state index is 12.5. The van der Waals surface area contributed by atoms with Crippen LogP contribution >= 0.6 is 0 Å². The molecule has 2 N–H and O–H groups in total. The summed E-state index contributed by atoms with van der Waals surface area (Å²) < 4.78 is 7.52. The molecule has 7 heteroatoms. The van der Waals surface area contributed by atoms with E-state index in [9.17, 15) is 4.79 Å². The Bertz CT molecular complexity index is 901. The van der Waals surface area contributed by atoms with Crippen LogP contribution in [-0.2, 0) is 0 Å². The summed E-state index contributed by atoms with van der Waals surface area (Å²) in [5, 5.41) is 7.49. The average molecular weight is 323 g/mol. The maximum atomic E-state index is 12.5. The summed E-state index contributed by atoms with van der Waals surface area (Å²) in [6.07, 6.45) is 10.1. The minimum atomic E-state index is -0.123. The van der Waals surface area contributed by atoms with Gasteiger partial charge in [0.2, 0.25) is 5.88 Å². The van der Waals surface area contributed by atoms with Crippen molar-refractivity contribution in [1.82, 2.24) is 25.2 Å². The molecule has 2 aliphatic heterocycles. The van der Waals surface area contributed by atoms with Gasteiger partial charge < -0.3 is 15.1 Å². The number of fused-ring (bicyclic) bond motifs is 3. The van der Waals surface area contributed by atoms with Crippen LogP contribution in [0.15, 0.2) is 41.5 Å². The maximum Gasteiger partial charge on any atom is 0.270 e. The van der Waals surface area contributed by atoms with Gasteiger partial charge in [0.15, 0.2) is 5.58 Å². The molecule has 3 aromatic rings. The quantitative estimate of drug-likeness (QED) is 0.765. The number of furan rings is 1. The third-order valence-corrected chi connectivity index (χ3v) is 5.00. The molecule has 0 unspecified atom stereocenters. The largest absolute Gasteiger partial charge is 0.438 e. The molecular weight excluding hydrogens is 306 g/mol. The van der Waals surface area contributed by atoms with Crippen LogP contribution in [0.1, 0.15) is 29.8 Å². The fraction of sp³-hybridized carbons (Fsp3) is 0.353. The Hall–Kier alpha value is -2.67. The fourth-order valence-electron chi connectivity index (χ4n) is 3.80. The van der Waals surface area contributed by atoms with Crippen molar-refractivity contribution in [2.45, 2.75) is 37.4 Å². The van der Waals surface area contributed by atoms with Crippen LogP contribution in [0.4, 0.5) is 0 Å². The number of carbonyl (C=O) groups is 1. The third-order valence-electron chi connectivity index (χ3n) is 5.00. The van der Waals surface area contributed by atoms with Gasteiger partial charge in [-0.3, -0.25) is 9.36 Å².